The quantitative estimate of drug-likeness (QED) is 0.673. The van der Waals surface area contributed by atoms with Gasteiger partial charge in [0.1, 0.15) is 0 Å². The second-order valence-electron chi connectivity index (χ2n) is 4.26. The first-order valence-electron chi connectivity index (χ1n) is 5.34. The summed E-state index contributed by atoms with van der Waals surface area (Å²) in [5.41, 5.74) is 0. The van der Waals surface area contributed by atoms with Gasteiger partial charge in [0, 0.05) is 25.6 Å². The number of nitrogens with one attached hydrogen (secondary N) is 2. The molecule has 1 saturated heterocycles. The summed E-state index contributed by atoms with van der Waals surface area (Å²) in [7, 11) is 0. The minimum absolute atomic E-state index is 0.221. The molecule has 74 valence electrons. The molecular formula is C10H18N2O. The Balaban J connectivity index is 1.64. The van der Waals surface area contributed by atoms with Crippen molar-refractivity contribution in [3.63, 3.8) is 0 Å². The number of amides is 1. The van der Waals surface area contributed by atoms with Gasteiger partial charge in [0.15, 0.2) is 0 Å². The molecule has 2 N–H and O–H groups in total. The lowest BCUT2D eigenvalue weighted by Crippen LogP contribution is -2.32. The van der Waals surface area contributed by atoms with Gasteiger partial charge in [-0.15, -0.1) is 0 Å². The molecule has 1 unspecified atom stereocenters. The first-order valence-corrected chi connectivity index (χ1v) is 5.34. The van der Waals surface area contributed by atoms with Crippen LogP contribution in [-0.4, -0.2) is 25.0 Å². The van der Waals surface area contributed by atoms with Gasteiger partial charge in [0.05, 0.1) is 0 Å². The van der Waals surface area contributed by atoms with E-state index in [9.17, 15) is 4.79 Å². The van der Waals surface area contributed by atoms with Gasteiger partial charge in [-0.2, -0.15) is 0 Å². The molecule has 0 aromatic rings. The van der Waals surface area contributed by atoms with Crippen LogP contribution in [0.15, 0.2) is 0 Å². The van der Waals surface area contributed by atoms with Crippen LogP contribution < -0.4 is 10.6 Å². The van der Waals surface area contributed by atoms with Gasteiger partial charge >= 0.3 is 0 Å². The summed E-state index contributed by atoms with van der Waals surface area (Å²) in [6.45, 7) is 1.89. The smallest absolute Gasteiger partial charge is 0.220 e. The second kappa shape index (κ2) is 4.09. The first-order chi connectivity index (χ1) is 6.34. The van der Waals surface area contributed by atoms with Crippen LogP contribution >= 0.6 is 0 Å². The normalized spacial score (nSPS) is 29.5. The number of carbonyl (C=O) groups excluding carboxylic acids is 1. The van der Waals surface area contributed by atoms with Crippen molar-refractivity contribution in [3.05, 3.63) is 0 Å². The molecule has 0 aromatic heterocycles. The first kappa shape index (κ1) is 9.00. The van der Waals surface area contributed by atoms with E-state index in [0.717, 1.165) is 25.6 Å². The van der Waals surface area contributed by atoms with Crippen LogP contribution in [0.2, 0.25) is 0 Å². The van der Waals surface area contributed by atoms with E-state index in [1.54, 1.807) is 0 Å². The van der Waals surface area contributed by atoms with Gasteiger partial charge in [-0.05, 0) is 18.8 Å². The standard InChI is InChI=1S/C10H18N2O/c13-10-5-8(7-12-10)6-11-9-3-1-2-4-9/h8-9,11H,1-7H2,(H,12,13). The van der Waals surface area contributed by atoms with E-state index in [2.05, 4.69) is 10.6 Å². The molecule has 1 atom stereocenters. The van der Waals surface area contributed by atoms with E-state index in [0.29, 0.717) is 5.92 Å². The van der Waals surface area contributed by atoms with Crippen molar-refractivity contribution < 1.29 is 4.79 Å². The molecule has 2 aliphatic rings. The molecule has 0 aromatic carbocycles. The summed E-state index contributed by atoms with van der Waals surface area (Å²) >= 11 is 0. The van der Waals surface area contributed by atoms with E-state index in [4.69, 9.17) is 0 Å². The van der Waals surface area contributed by atoms with Crippen LogP contribution in [0.3, 0.4) is 0 Å². The fourth-order valence-electron chi connectivity index (χ4n) is 2.27. The molecular weight excluding hydrogens is 164 g/mol. The number of hydrogen-bond donors (Lipinski definition) is 2. The maximum absolute atomic E-state index is 10.9. The van der Waals surface area contributed by atoms with Crippen molar-refractivity contribution in [2.75, 3.05) is 13.1 Å². The van der Waals surface area contributed by atoms with E-state index in [-0.39, 0.29) is 5.91 Å². The maximum Gasteiger partial charge on any atom is 0.220 e. The summed E-state index contributed by atoms with van der Waals surface area (Å²) in [5, 5.41) is 6.42. The molecule has 1 aliphatic carbocycles. The zero-order chi connectivity index (χ0) is 9.10. The van der Waals surface area contributed by atoms with Crippen molar-refractivity contribution in [3.8, 4) is 0 Å². The van der Waals surface area contributed by atoms with Crippen molar-refractivity contribution in [2.45, 2.75) is 38.1 Å². The zero-order valence-electron chi connectivity index (χ0n) is 8.01. The van der Waals surface area contributed by atoms with Gasteiger partial charge in [-0.3, -0.25) is 4.79 Å². The molecule has 1 aliphatic heterocycles. The third-order valence-electron chi connectivity index (χ3n) is 3.11. The van der Waals surface area contributed by atoms with Crippen molar-refractivity contribution >= 4 is 5.91 Å². The lowest BCUT2D eigenvalue weighted by atomic mass is 10.1. The summed E-state index contributed by atoms with van der Waals surface area (Å²) in [6.07, 6.45) is 6.13. The minimum Gasteiger partial charge on any atom is -0.356 e. The molecule has 1 heterocycles. The van der Waals surface area contributed by atoms with Crippen LogP contribution in [0.5, 0.6) is 0 Å². The van der Waals surface area contributed by atoms with E-state index in [1.165, 1.54) is 25.7 Å². The molecule has 3 nitrogen and oxygen atoms in total. The van der Waals surface area contributed by atoms with Crippen molar-refractivity contribution in [1.82, 2.24) is 10.6 Å². The summed E-state index contributed by atoms with van der Waals surface area (Å²) in [5.74, 6) is 0.756. The molecule has 13 heavy (non-hydrogen) atoms. The SMILES string of the molecule is O=C1CC(CNC2CCCC2)CN1. The highest BCUT2D eigenvalue weighted by Gasteiger charge is 2.22. The largest absolute Gasteiger partial charge is 0.356 e. The monoisotopic (exact) mass is 182 g/mol. The van der Waals surface area contributed by atoms with E-state index in [1.807, 2.05) is 0 Å². The maximum atomic E-state index is 10.9. The lowest BCUT2D eigenvalue weighted by molar-refractivity contribution is -0.119. The number of carbonyl (C=O) groups is 1. The average molecular weight is 182 g/mol. The van der Waals surface area contributed by atoms with Crippen LogP contribution in [0, 0.1) is 5.92 Å². The van der Waals surface area contributed by atoms with Gasteiger partial charge in [-0.1, -0.05) is 12.8 Å². The van der Waals surface area contributed by atoms with Gasteiger partial charge in [-0.25, -0.2) is 0 Å². The third kappa shape index (κ3) is 2.44. The molecule has 1 amide bonds. The predicted molar refractivity (Wildman–Crippen MR) is 51.4 cm³/mol. The highest BCUT2D eigenvalue weighted by molar-refractivity contribution is 5.78. The Bertz CT molecular complexity index is 187. The average Bonchev–Trinajstić information content (AvgIpc) is 2.71. The molecule has 2 fully saturated rings. The fourth-order valence-corrected chi connectivity index (χ4v) is 2.27. The van der Waals surface area contributed by atoms with Crippen molar-refractivity contribution in [2.24, 2.45) is 5.92 Å². The minimum atomic E-state index is 0.221. The number of hydrogen-bond acceptors (Lipinski definition) is 2. The Hall–Kier alpha value is -0.570. The summed E-state index contributed by atoms with van der Waals surface area (Å²) < 4.78 is 0. The van der Waals surface area contributed by atoms with E-state index >= 15 is 0 Å². The molecule has 2 rings (SSSR count). The Morgan fingerprint density at radius 3 is 2.77 bits per heavy atom. The van der Waals surface area contributed by atoms with Crippen LogP contribution in [-0.2, 0) is 4.79 Å². The Morgan fingerprint density at radius 2 is 2.15 bits per heavy atom. The molecule has 1 saturated carbocycles. The van der Waals surface area contributed by atoms with Crippen LogP contribution in [0.25, 0.3) is 0 Å². The highest BCUT2D eigenvalue weighted by atomic mass is 16.1. The van der Waals surface area contributed by atoms with Gasteiger partial charge < -0.3 is 10.6 Å². The Kier molecular flexibility index (Phi) is 2.83. The van der Waals surface area contributed by atoms with Crippen LogP contribution in [0.1, 0.15) is 32.1 Å². The Morgan fingerprint density at radius 1 is 1.38 bits per heavy atom. The van der Waals surface area contributed by atoms with Crippen molar-refractivity contribution in [1.29, 1.82) is 0 Å². The summed E-state index contributed by atoms with van der Waals surface area (Å²) in [6, 6.07) is 0.732. The lowest BCUT2D eigenvalue weighted by Gasteiger charge is -2.14. The topological polar surface area (TPSA) is 41.1 Å². The van der Waals surface area contributed by atoms with Gasteiger partial charge in [0.25, 0.3) is 0 Å². The summed E-state index contributed by atoms with van der Waals surface area (Å²) in [4.78, 5) is 10.9. The highest BCUT2D eigenvalue weighted by Crippen LogP contribution is 2.18. The second-order valence-corrected chi connectivity index (χ2v) is 4.26. The molecule has 0 bridgehead atoms. The predicted octanol–water partition coefficient (Wildman–Crippen LogP) is 0.655. The van der Waals surface area contributed by atoms with Gasteiger partial charge in [0.2, 0.25) is 5.91 Å². The molecule has 0 radical (unpaired) electrons. The zero-order valence-corrected chi connectivity index (χ0v) is 8.01. The third-order valence-corrected chi connectivity index (χ3v) is 3.11. The van der Waals surface area contributed by atoms with Crippen LogP contribution in [0.4, 0.5) is 0 Å². The number of rotatable bonds is 3. The Labute approximate surface area is 79.3 Å². The fraction of sp³-hybridized carbons (Fsp3) is 0.900. The molecule has 3 heteroatoms. The molecule has 0 spiro atoms. The van der Waals surface area contributed by atoms with E-state index < -0.39 is 0 Å².